The predicted octanol–water partition coefficient (Wildman–Crippen LogP) is 5.02. The predicted molar refractivity (Wildman–Crippen MR) is 117 cm³/mol. The van der Waals surface area contributed by atoms with Gasteiger partial charge in [-0.25, -0.2) is 4.79 Å². The van der Waals surface area contributed by atoms with E-state index in [9.17, 15) is 14.4 Å². The zero-order chi connectivity index (χ0) is 23.2. The van der Waals surface area contributed by atoms with Crippen LogP contribution in [0.25, 0.3) is 5.57 Å². The average molecular weight is 435 g/mol. The number of unbranched alkanes of at least 4 members (excludes halogenated alkanes) is 5. The summed E-state index contributed by atoms with van der Waals surface area (Å²) in [5.74, 6) is -1.24. The first-order valence-corrected chi connectivity index (χ1v) is 10.7. The molecule has 0 unspecified atom stereocenters. The van der Waals surface area contributed by atoms with E-state index in [1.807, 2.05) is 30.3 Å². The lowest BCUT2D eigenvalue weighted by atomic mass is 9.96. The third-order valence-corrected chi connectivity index (χ3v) is 4.79. The number of carboxylic acid groups (broad SMARTS) is 1. The number of amides is 3. The van der Waals surface area contributed by atoms with Crippen LogP contribution < -0.4 is 0 Å². The molecule has 8 heteroatoms. The van der Waals surface area contributed by atoms with Crippen molar-refractivity contribution >= 4 is 23.5 Å². The molecule has 1 aliphatic heterocycles. The molecule has 31 heavy (non-hydrogen) atoms. The number of allylic oxidation sites excluding steroid dienone is 1. The normalized spacial score (nSPS) is 15.1. The van der Waals surface area contributed by atoms with Gasteiger partial charge in [-0.1, -0.05) is 76.3 Å². The second-order valence-corrected chi connectivity index (χ2v) is 7.00. The standard InChI is InChI=1S/C20H28N2O4.C3H6O2/c1-4-5-6-7-8-12-15-17(16-13-10-9-11-14-16)18-19(23)22(26-3)20(24)21(18)25-2;1-2-3(4)5/h9-11,13-14H,4-8,12,15H2,1-3H3;2H2,1H3,(H,4,5). The van der Waals surface area contributed by atoms with E-state index < -0.39 is 17.9 Å². The molecule has 1 aliphatic rings. The molecule has 0 aliphatic carbocycles. The maximum atomic E-state index is 12.7. The lowest BCUT2D eigenvalue weighted by Gasteiger charge is -2.16. The monoisotopic (exact) mass is 434 g/mol. The number of urea groups is 1. The minimum absolute atomic E-state index is 0.222. The molecule has 0 spiro atoms. The first kappa shape index (κ1) is 26.3. The fraction of sp³-hybridized carbons (Fsp3) is 0.522. The van der Waals surface area contributed by atoms with Gasteiger partial charge in [-0.05, 0) is 24.0 Å². The number of carbonyl (C=O) groups is 3. The minimum atomic E-state index is -0.745. The van der Waals surface area contributed by atoms with E-state index in [-0.39, 0.29) is 12.1 Å². The zero-order valence-electron chi connectivity index (χ0n) is 18.9. The molecule has 1 aromatic rings. The van der Waals surface area contributed by atoms with Gasteiger partial charge in [0, 0.05) is 6.42 Å². The molecule has 8 nitrogen and oxygen atoms in total. The Morgan fingerprint density at radius 1 is 0.903 bits per heavy atom. The van der Waals surface area contributed by atoms with Crippen LogP contribution in [0.4, 0.5) is 4.79 Å². The number of aliphatic carboxylic acids is 1. The SMILES string of the molecule is CCC(=O)O.CCCCCCCCC(=C1C(=O)N(OC)C(=O)N1OC)c1ccccc1. The fourth-order valence-electron chi connectivity index (χ4n) is 3.15. The second-order valence-electron chi connectivity index (χ2n) is 7.00. The van der Waals surface area contributed by atoms with Crippen LogP contribution in [0.15, 0.2) is 36.0 Å². The van der Waals surface area contributed by atoms with Gasteiger partial charge in [-0.3, -0.25) is 19.3 Å². The summed E-state index contributed by atoms with van der Waals surface area (Å²) < 4.78 is 0. The highest BCUT2D eigenvalue weighted by molar-refractivity contribution is 6.14. The lowest BCUT2D eigenvalue weighted by Crippen LogP contribution is -2.31. The maximum absolute atomic E-state index is 12.7. The van der Waals surface area contributed by atoms with Crippen molar-refractivity contribution in [2.75, 3.05) is 14.2 Å². The Kier molecular flexibility index (Phi) is 12.2. The quantitative estimate of drug-likeness (QED) is 0.299. The second kappa shape index (κ2) is 14.3. The smallest absolute Gasteiger partial charge is 0.380 e. The third-order valence-electron chi connectivity index (χ3n) is 4.79. The molecule has 172 valence electrons. The van der Waals surface area contributed by atoms with Gasteiger partial charge < -0.3 is 5.11 Å². The van der Waals surface area contributed by atoms with Crippen molar-refractivity contribution in [3.05, 3.63) is 41.6 Å². The number of carboxylic acids is 1. The topological polar surface area (TPSA) is 96.4 Å². The van der Waals surface area contributed by atoms with Crippen molar-refractivity contribution in [2.24, 2.45) is 0 Å². The van der Waals surface area contributed by atoms with Gasteiger partial charge in [0.2, 0.25) is 0 Å². The van der Waals surface area contributed by atoms with Crippen molar-refractivity contribution in [2.45, 2.75) is 65.2 Å². The van der Waals surface area contributed by atoms with Crippen molar-refractivity contribution in [3.63, 3.8) is 0 Å². The summed E-state index contributed by atoms with van der Waals surface area (Å²) in [6, 6.07) is 9.02. The van der Waals surface area contributed by atoms with Crippen LogP contribution in [0.3, 0.4) is 0 Å². The molecule has 0 atom stereocenters. The number of hydrogen-bond acceptors (Lipinski definition) is 5. The molecule has 1 fully saturated rings. The summed E-state index contributed by atoms with van der Waals surface area (Å²) in [7, 11) is 2.67. The Morgan fingerprint density at radius 2 is 1.45 bits per heavy atom. The summed E-state index contributed by atoms with van der Waals surface area (Å²) in [5, 5.41) is 9.47. The van der Waals surface area contributed by atoms with Crippen LogP contribution in [0, 0.1) is 0 Å². The number of hydroxylamine groups is 4. The van der Waals surface area contributed by atoms with E-state index in [1.54, 1.807) is 6.92 Å². The Morgan fingerprint density at radius 3 is 1.97 bits per heavy atom. The van der Waals surface area contributed by atoms with Crippen molar-refractivity contribution in [1.29, 1.82) is 0 Å². The molecule has 0 saturated carbocycles. The lowest BCUT2D eigenvalue weighted by molar-refractivity contribution is -0.152. The van der Waals surface area contributed by atoms with Gasteiger partial charge >= 0.3 is 17.9 Å². The zero-order valence-corrected chi connectivity index (χ0v) is 18.9. The highest BCUT2D eigenvalue weighted by atomic mass is 16.7. The molecule has 0 radical (unpaired) electrons. The maximum Gasteiger partial charge on any atom is 0.380 e. The first-order chi connectivity index (χ1) is 14.9. The highest BCUT2D eigenvalue weighted by Crippen LogP contribution is 2.32. The Hall–Kier alpha value is -2.71. The molecule has 1 heterocycles. The van der Waals surface area contributed by atoms with Crippen LogP contribution in [-0.2, 0) is 19.3 Å². The summed E-state index contributed by atoms with van der Waals surface area (Å²) >= 11 is 0. The van der Waals surface area contributed by atoms with E-state index in [0.29, 0.717) is 6.42 Å². The third kappa shape index (κ3) is 7.80. The van der Waals surface area contributed by atoms with Crippen LogP contribution in [0.1, 0.15) is 70.8 Å². The largest absolute Gasteiger partial charge is 0.481 e. The van der Waals surface area contributed by atoms with E-state index >= 15 is 0 Å². The number of benzene rings is 1. The molecule has 2 rings (SSSR count). The molecule has 0 bridgehead atoms. The molecule has 1 saturated heterocycles. The Balaban J connectivity index is 0.000000861. The van der Waals surface area contributed by atoms with Crippen molar-refractivity contribution in [1.82, 2.24) is 10.1 Å². The first-order valence-electron chi connectivity index (χ1n) is 10.7. The summed E-state index contributed by atoms with van der Waals surface area (Å²) in [4.78, 5) is 44.5. The number of imide groups is 1. The van der Waals surface area contributed by atoms with Crippen LogP contribution >= 0.6 is 0 Å². The number of carbonyl (C=O) groups excluding carboxylic acids is 2. The minimum Gasteiger partial charge on any atom is -0.481 e. The van der Waals surface area contributed by atoms with E-state index in [2.05, 4.69) is 6.92 Å². The van der Waals surface area contributed by atoms with Crippen LogP contribution in [0.2, 0.25) is 0 Å². The van der Waals surface area contributed by atoms with Gasteiger partial charge in [-0.15, -0.1) is 5.06 Å². The van der Waals surface area contributed by atoms with E-state index in [4.69, 9.17) is 14.8 Å². The van der Waals surface area contributed by atoms with Crippen molar-refractivity contribution < 1.29 is 29.2 Å². The fourth-order valence-corrected chi connectivity index (χ4v) is 3.15. The molecule has 0 aromatic heterocycles. The molecule has 3 amide bonds. The van der Waals surface area contributed by atoms with Crippen molar-refractivity contribution in [3.8, 4) is 0 Å². The summed E-state index contributed by atoms with van der Waals surface area (Å²) in [6.07, 6.45) is 7.83. The van der Waals surface area contributed by atoms with Crippen LogP contribution in [-0.4, -0.2) is 47.4 Å². The van der Waals surface area contributed by atoms with Gasteiger partial charge in [0.05, 0.1) is 14.2 Å². The van der Waals surface area contributed by atoms with Gasteiger partial charge in [0.15, 0.2) is 0 Å². The summed E-state index contributed by atoms with van der Waals surface area (Å²) in [5.41, 5.74) is 1.96. The van der Waals surface area contributed by atoms with Gasteiger partial charge in [0.25, 0.3) is 0 Å². The molecular weight excluding hydrogens is 400 g/mol. The molecule has 1 N–H and O–H groups in total. The summed E-state index contributed by atoms with van der Waals surface area (Å²) in [6.45, 7) is 3.80. The number of nitrogens with zero attached hydrogens (tertiary/aromatic N) is 2. The average Bonchev–Trinajstić information content (AvgIpc) is 3.02. The van der Waals surface area contributed by atoms with Gasteiger partial charge in [0.1, 0.15) is 5.70 Å². The number of hydrogen-bond donors (Lipinski definition) is 1. The molecule has 1 aromatic carbocycles. The Bertz CT molecular complexity index is 748. The van der Waals surface area contributed by atoms with E-state index in [0.717, 1.165) is 34.1 Å². The van der Waals surface area contributed by atoms with E-state index in [1.165, 1.54) is 39.9 Å². The van der Waals surface area contributed by atoms with Crippen LogP contribution in [0.5, 0.6) is 0 Å². The highest BCUT2D eigenvalue weighted by Gasteiger charge is 2.44. The Labute approximate surface area is 184 Å². The van der Waals surface area contributed by atoms with Gasteiger partial charge in [-0.2, -0.15) is 5.06 Å². The molecular formula is C23H34N2O6. The number of rotatable bonds is 11.